The Morgan fingerprint density at radius 2 is 1.30 bits per heavy atom. The summed E-state index contributed by atoms with van der Waals surface area (Å²) in [6.07, 6.45) is 2.97. The maximum absolute atomic E-state index is 14.2. The van der Waals surface area contributed by atoms with Crippen molar-refractivity contribution < 1.29 is 22.2 Å². The number of hydrogen-bond acceptors (Lipinski definition) is 6. The van der Waals surface area contributed by atoms with Gasteiger partial charge in [0.2, 0.25) is 0 Å². The van der Waals surface area contributed by atoms with Gasteiger partial charge >= 0.3 is 10.1 Å². The molecule has 9 heteroatoms. The molecule has 1 aliphatic heterocycles. The second kappa shape index (κ2) is 12.5. The molecule has 0 saturated carbocycles. The lowest BCUT2D eigenvalue weighted by atomic mass is 9.63. The Bertz CT molecular complexity index is 1870. The van der Waals surface area contributed by atoms with Crippen LogP contribution in [0.4, 0.5) is 0 Å². The fourth-order valence-electron chi connectivity index (χ4n) is 7.23. The summed E-state index contributed by atoms with van der Waals surface area (Å²) >= 11 is 7.15. The van der Waals surface area contributed by atoms with Crippen LogP contribution in [0.2, 0.25) is 0 Å². The zero-order valence-corrected chi connectivity index (χ0v) is 31.3. The Balaban J connectivity index is 1.48. The van der Waals surface area contributed by atoms with Crippen LogP contribution < -0.4 is 4.18 Å². The number of carbonyl (C=O) groups is 2. The van der Waals surface area contributed by atoms with Gasteiger partial charge in [-0.1, -0.05) is 75.7 Å². The Morgan fingerprint density at radius 3 is 1.81 bits per heavy atom. The van der Waals surface area contributed by atoms with Crippen molar-refractivity contribution in [1.29, 1.82) is 0 Å². The Morgan fingerprint density at radius 1 is 0.787 bits per heavy atom. The van der Waals surface area contributed by atoms with E-state index < -0.39 is 16.0 Å². The molecule has 6 rings (SSSR count). The first-order chi connectivity index (χ1) is 22.1. The molecule has 0 unspecified atom stereocenters. The summed E-state index contributed by atoms with van der Waals surface area (Å²) in [7, 11) is -4.12. The number of halogens is 2. The average molecular weight is 782 g/mol. The minimum atomic E-state index is -4.12. The number of carbonyl (C=O) groups excluding carboxylic acids is 2. The van der Waals surface area contributed by atoms with Crippen LogP contribution in [0.3, 0.4) is 0 Å². The Kier molecular flexibility index (Phi) is 8.98. The van der Waals surface area contributed by atoms with E-state index in [1.807, 2.05) is 25.1 Å². The predicted octanol–water partition coefficient (Wildman–Crippen LogP) is 9.22. The van der Waals surface area contributed by atoms with E-state index in [0.29, 0.717) is 52.3 Å². The molecule has 47 heavy (non-hydrogen) atoms. The quantitative estimate of drug-likeness (QED) is 0.223. The molecule has 246 valence electrons. The molecule has 3 aromatic carbocycles. The third-order valence-corrected chi connectivity index (χ3v) is 11.8. The van der Waals surface area contributed by atoms with Crippen molar-refractivity contribution in [2.45, 2.75) is 77.5 Å². The molecule has 0 aromatic heterocycles. The maximum atomic E-state index is 14.2. The van der Waals surface area contributed by atoms with Gasteiger partial charge in [0, 0.05) is 47.8 Å². The highest BCUT2D eigenvalue weighted by molar-refractivity contribution is 9.11. The molecular formula is C38H39Br2NO5S. The smallest absolute Gasteiger partial charge is 0.339 e. The largest absolute Gasteiger partial charge is 0.377 e. The summed E-state index contributed by atoms with van der Waals surface area (Å²) in [4.78, 5) is 30.8. The number of ketones is 2. The number of aryl methyl sites for hydroxylation is 1. The molecule has 0 radical (unpaired) electrons. The predicted molar refractivity (Wildman–Crippen MR) is 191 cm³/mol. The van der Waals surface area contributed by atoms with Gasteiger partial charge in [-0.05, 0) is 104 Å². The molecule has 0 fully saturated rings. The van der Waals surface area contributed by atoms with Gasteiger partial charge in [0.15, 0.2) is 17.3 Å². The molecule has 0 amide bonds. The van der Waals surface area contributed by atoms with E-state index in [2.05, 4.69) is 76.6 Å². The van der Waals surface area contributed by atoms with Crippen molar-refractivity contribution in [2.24, 2.45) is 10.8 Å². The zero-order valence-electron chi connectivity index (χ0n) is 27.3. The fraction of sp³-hybridized carbons (Fsp3) is 0.368. The molecule has 0 bridgehead atoms. The van der Waals surface area contributed by atoms with Crippen LogP contribution in [-0.2, 0) is 26.1 Å². The minimum Gasteiger partial charge on any atom is -0.377 e. The first-order valence-electron chi connectivity index (χ1n) is 15.9. The number of rotatable bonds is 7. The van der Waals surface area contributed by atoms with Crippen LogP contribution in [0.5, 0.6) is 5.75 Å². The van der Waals surface area contributed by atoms with E-state index in [9.17, 15) is 18.0 Å². The van der Waals surface area contributed by atoms with Gasteiger partial charge in [-0.25, -0.2) is 0 Å². The highest BCUT2D eigenvalue weighted by atomic mass is 79.9. The van der Waals surface area contributed by atoms with Crippen LogP contribution in [0.15, 0.2) is 103 Å². The lowest BCUT2D eigenvalue weighted by Gasteiger charge is -2.49. The van der Waals surface area contributed by atoms with Gasteiger partial charge in [-0.3, -0.25) is 9.59 Å². The van der Waals surface area contributed by atoms with Gasteiger partial charge < -0.3 is 9.08 Å². The number of benzene rings is 3. The van der Waals surface area contributed by atoms with Crippen LogP contribution in [-0.4, -0.2) is 31.4 Å². The van der Waals surface area contributed by atoms with Gasteiger partial charge in [0.1, 0.15) is 4.90 Å². The zero-order chi connectivity index (χ0) is 33.9. The molecule has 6 nitrogen and oxygen atoms in total. The number of nitrogens with zero attached hydrogens (tertiary/aromatic N) is 1. The SMILES string of the molecule is Cc1ccc(S(=O)(=O)Oc2c(Br)cc(C3C4=C(CC(C)(C)CC4=O)N(CCc4ccccc4)C4=C3C(=O)CC(C)(C)C4)cc2Br)cc1. The summed E-state index contributed by atoms with van der Waals surface area (Å²) in [5, 5.41) is 0. The normalized spacial score (nSPS) is 19.5. The molecule has 0 atom stereocenters. The topological polar surface area (TPSA) is 80.8 Å². The van der Waals surface area contributed by atoms with Crippen LogP contribution in [0, 0.1) is 17.8 Å². The van der Waals surface area contributed by atoms with Crippen molar-refractivity contribution in [3.63, 3.8) is 0 Å². The molecule has 3 aliphatic rings. The fourth-order valence-corrected chi connectivity index (χ4v) is 9.79. The van der Waals surface area contributed by atoms with Crippen LogP contribution >= 0.6 is 31.9 Å². The second-order valence-electron chi connectivity index (χ2n) is 14.6. The highest BCUT2D eigenvalue weighted by Crippen LogP contribution is 2.55. The van der Waals surface area contributed by atoms with E-state index in [1.54, 1.807) is 24.3 Å². The molecule has 1 heterocycles. The molecule has 0 spiro atoms. The van der Waals surface area contributed by atoms with Crippen molar-refractivity contribution in [1.82, 2.24) is 4.90 Å². The van der Waals surface area contributed by atoms with E-state index in [-0.39, 0.29) is 33.0 Å². The molecule has 2 aliphatic carbocycles. The Labute approximate surface area is 294 Å². The van der Waals surface area contributed by atoms with Crippen molar-refractivity contribution in [3.8, 4) is 5.75 Å². The van der Waals surface area contributed by atoms with Gasteiger partial charge in [-0.15, -0.1) is 0 Å². The van der Waals surface area contributed by atoms with E-state index in [4.69, 9.17) is 4.18 Å². The lowest BCUT2D eigenvalue weighted by Crippen LogP contribution is -2.45. The van der Waals surface area contributed by atoms with E-state index >= 15 is 0 Å². The molecule has 0 saturated heterocycles. The van der Waals surface area contributed by atoms with Crippen molar-refractivity contribution >= 4 is 53.5 Å². The summed E-state index contributed by atoms with van der Waals surface area (Å²) in [5.74, 6) is -0.380. The van der Waals surface area contributed by atoms with Gasteiger partial charge in [-0.2, -0.15) is 8.42 Å². The molecule has 3 aromatic rings. The first kappa shape index (κ1) is 33.9. The lowest BCUT2D eigenvalue weighted by molar-refractivity contribution is -0.119. The molecular weight excluding hydrogens is 742 g/mol. The average Bonchev–Trinajstić information content (AvgIpc) is 2.97. The number of Topliss-reactive ketones (excluding diaryl/α,β-unsaturated/α-hetero) is 2. The summed E-state index contributed by atoms with van der Waals surface area (Å²) in [5.41, 5.74) is 5.72. The maximum Gasteiger partial charge on any atom is 0.339 e. The van der Waals surface area contributed by atoms with Crippen molar-refractivity contribution in [2.75, 3.05) is 6.54 Å². The minimum absolute atomic E-state index is 0.0456. The summed E-state index contributed by atoms with van der Waals surface area (Å²) < 4.78 is 32.9. The van der Waals surface area contributed by atoms with Gasteiger partial charge in [0.05, 0.1) is 8.95 Å². The highest BCUT2D eigenvalue weighted by Gasteiger charge is 2.49. The van der Waals surface area contributed by atoms with Crippen molar-refractivity contribution in [3.05, 3.63) is 115 Å². The second-order valence-corrected chi connectivity index (χ2v) is 17.8. The monoisotopic (exact) mass is 779 g/mol. The standard InChI is InChI=1S/C38H39Br2NO5S/c1-23-11-13-26(14-12-23)47(44,45)46-36-27(39)17-25(18-28(36)40)33-34-29(19-37(2,3)21-31(34)42)41(16-15-24-9-7-6-8-10-24)30-20-38(4,5)22-32(43)35(30)33/h6-14,17-18,33H,15-16,19-22H2,1-5H3. The van der Waals surface area contributed by atoms with Gasteiger partial charge in [0.25, 0.3) is 0 Å². The van der Waals surface area contributed by atoms with E-state index in [1.165, 1.54) is 17.7 Å². The third-order valence-electron chi connectivity index (χ3n) is 9.35. The first-order valence-corrected chi connectivity index (χ1v) is 18.9. The van der Waals surface area contributed by atoms with E-state index in [0.717, 1.165) is 28.9 Å². The number of allylic oxidation sites excluding steroid dienone is 4. The Hall–Kier alpha value is -3.01. The molecule has 0 N–H and O–H groups in total. The van der Waals surface area contributed by atoms with Crippen LogP contribution in [0.25, 0.3) is 0 Å². The number of hydrogen-bond donors (Lipinski definition) is 0. The van der Waals surface area contributed by atoms with Crippen LogP contribution in [0.1, 0.15) is 76.0 Å². The third kappa shape index (κ3) is 6.81. The summed E-state index contributed by atoms with van der Waals surface area (Å²) in [6, 6.07) is 20.4. The summed E-state index contributed by atoms with van der Waals surface area (Å²) in [6.45, 7) is 11.1.